The van der Waals surface area contributed by atoms with E-state index in [2.05, 4.69) is 21.7 Å². The van der Waals surface area contributed by atoms with Crippen molar-refractivity contribution in [3.63, 3.8) is 0 Å². The number of nitrogens with one attached hydrogen (secondary N) is 2. The topological polar surface area (TPSA) is 75.2 Å². The summed E-state index contributed by atoms with van der Waals surface area (Å²) in [5.74, 6) is 1.59. The predicted octanol–water partition coefficient (Wildman–Crippen LogP) is 3.28. The summed E-state index contributed by atoms with van der Waals surface area (Å²) in [6.45, 7) is 9.98. The van der Waals surface area contributed by atoms with Crippen LogP contribution in [0.25, 0.3) is 0 Å². The molecule has 0 spiro atoms. The molecule has 1 aromatic carbocycles. The lowest BCUT2D eigenvalue weighted by molar-refractivity contribution is 0.0264. The van der Waals surface area contributed by atoms with E-state index in [1.807, 2.05) is 45.9 Å². The minimum atomic E-state index is -0.492. The quantitative estimate of drug-likeness (QED) is 0.322. The Morgan fingerprint density at radius 1 is 1.18 bits per heavy atom. The Morgan fingerprint density at radius 2 is 1.82 bits per heavy atom. The average Bonchev–Trinajstić information content (AvgIpc) is 2.62. The van der Waals surface area contributed by atoms with E-state index in [0.717, 1.165) is 24.3 Å². The first-order valence-corrected chi connectivity index (χ1v) is 9.35. The van der Waals surface area contributed by atoms with E-state index in [-0.39, 0.29) is 30.1 Å². The van der Waals surface area contributed by atoms with Crippen molar-refractivity contribution in [2.75, 3.05) is 40.3 Å². The van der Waals surface area contributed by atoms with E-state index in [1.165, 1.54) is 0 Å². The molecule has 0 aliphatic heterocycles. The molecule has 1 aromatic rings. The molecule has 0 aromatic heterocycles. The molecule has 0 radical (unpaired) electrons. The highest BCUT2D eigenvalue weighted by Gasteiger charge is 2.20. The van der Waals surface area contributed by atoms with Crippen molar-refractivity contribution in [3.8, 4) is 5.75 Å². The molecule has 28 heavy (non-hydrogen) atoms. The average molecular weight is 506 g/mol. The van der Waals surface area contributed by atoms with E-state index in [9.17, 15) is 4.79 Å². The molecule has 2 N–H and O–H groups in total. The summed E-state index contributed by atoms with van der Waals surface area (Å²) in [4.78, 5) is 18.0. The first kappa shape index (κ1) is 26.3. The molecular formula is C20H35IN4O3. The van der Waals surface area contributed by atoms with Gasteiger partial charge in [-0.15, -0.1) is 24.0 Å². The van der Waals surface area contributed by atoms with Crippen LogP contribution >= 0.6 is 24.0 Å². The number of hydrogen-bond donors (Lipinski definition) is 2. The fourth-order valence-corrected chi connectivity index (χ4v) is 2.46. The molecule has 0 aliphatic rings. The van der Waals surface area contributed by atoms with E-state index in [0.29, 0.717) is 25.6 Å². The lowest BCUT2D eigenvalue weighted by atomic mass is 10.1. The summed E-state index contributed by atoms with van der Waals surface area (Å²) in [5, 5.41) is 6.50. The van der Waals surface area contributed by atoms with Crippen molar-refractivity contribution < 1.29 is 14.3 Å². The predicted molar refractivity (Wildman–Crippen MR) is 125 cm³/mol. The van der Waals surface area contributed by atoms with Gasteiger partial charge in [0.15, 0.2) is 5.96 Å². The van der Waals surface area contributed by atoms with Gasteiger partial charge in [-0.05, 0) is 45.7 Å². The zero-order valence-corrected chi connectivity index (χ0v) is 20.2. The molecule has 8 heteroatoms. The maximum Gasteiger partial charge on any atom is 0.410 e. The number of rotatable bonds is 8. The normalized spacial score (nSPS) is 11.3. The van der Waals surface area contributed by atoms with Crippen molar-refractivity contribution in [2.45, 2.75) is 39.7 Å². The molecule has 0 aliphatic carbocycles. The number of guanidine groups is 1. The fourth-order valence-electron chi connectivity index (χ4n) is 2.46. The maximum absolute atomic E-state index is 12.1. The summed E-state index contributed by atoms with van der Waals surface area (Å²) < 4.78 is 10.8. The van der Waals surface area contributed by atoms with Gasteiger partial charge < -0.3 is 25.0 Å². The van der Waals surface area contributed by atoms with Gasteiger partial charge in [-0.3, -0.25) is 4.99 Å². The fraction of sp³-hybridized carbons (Fsp3) is 0.600. The lowest BCUT2D eigenvalue weighted by Crippen LogP contribution is -2.44. The maximum atomic E-state index is 12.1. The summed E-state index contributed by atoms with van der Waals surface area (Å²) in [6, 6.07) is 7.97. The number of para-hydroxylation sites is 1. The number of halogens is 1. The number of likely N-dealkylation sites (N-methyl/N-ethyl adjacent to an activating group) is 1. The van der Waals surface area contributed by atoms with Crippen LogP contribution in [0.4, 0.5) is 4.79 Å². The first-order valence-electron chi connectivity index (χ1n) is 9.35. The van der Waals surface area contributed by atoms with Crippen LogP contribution in [-0.2, 0) is 11.2 Å². The number of carbonyl (C=O) groups excluding carboxylic acids is 1. The molecule has 0 fully saturated rings. The first-order chi connectivity index (χ1) is 12.8. The van der Waals surface area contributed by atoms with Gasteiger partial charge in [-0.1, -0.05) is 18.2 Å². The van der Waals surface area contributed by atoms with Crippen LogP contribution in [0.15, 0.2) is 29.3 Å². The number of hydrogen-bond acceptors (Lipinski definition) is 4. The van der Waals surface area contributed by atoms with Crippen molar-refractivity contribution in [1.29, 1.82) is 0 Å². The zero-order valence-electron chi connectivity index (χ0n) is 17.9. The Labute approximate surface area is 186 Å². The summed E-state index contributed by atoms with van der Waals surface area (Å²) >= 11 is 0. The lowest BCUT2D eigenvalue weighted by Gasteiger charge is -2.26. The minimum absolute atomic E-state index is 0. The standard InChI is InChI=1S/C20H34N4O3.HI/c1-7-24(19(25)27-20(2,3)4)15-14-23-18(21-5)22-13-12-16-10-8-9-11-17(16)26-6;/h8-11H,7,12-15H2,1-6H3,(H2,21,22,23);1H. The third kappa shape index (κ3) is 10.0. The van der Waals surface area contributed by atoms with Gasteiger partial charge in [-0.2, -0.15) is 0 Å². The molecule has 0 saturated carbocycles. The number of amides is 1. The van der Waals surface area contributed by atoms with Crippen LogP contribution in [0.2, 0.25) is 0 Å². The van der Waals surface area contributed by atoms with Crippen LogP contribution in [0.5, 0.6) is 5.75 Å². The molecule has 1 amide bonds. The summed E-state index contributed by atoms with van der Waals surface area (Å²) in [6.07, 6.45) is 0.523. The number of benzene rings is 1. The molecule has 0 heterocycles. The molecule has 160 valence electrons. The Hall–Kier alpha value is -1.71. The summed E-state index contributed by atoms with van der Waals surface area (Å²) in [5.41, 5.74) is 0.652. The second-order valence-corrected chi connectivity index (χ2v) is 7.05. The second kappa shape index (κ2) is 13.5. The van der Waals surface area contributed by atoms with Gasteiger partial charge >= 0.3 is 6.09 Å². The van der Waals surface area contributed by atoms with Crippen molar-refractivity contribution in [1.82, 2.24) is 15.5 Å². The van der Waals surface area contributed by atoms with E-state index in [4.69, 9.17) is 9.47 Å². The van der Waals surface area contributed by atoms with E-state index < -0.39 is 5.60 Å². The third-order valence-corrected chi connectivity index (χ3v) is 3.81. The monoisotopic (exact) mass is 506 g/mol. The molecule has 1 rings (SSSR count). The molecule has 0 saturated heterocycles. The van der Waals surface area contributed by atoms with E-state index in [1.54, 1.807) is 19.1 Å². The molecule has 0 bridgehead atoms. The second-order valence-electron chi connectivity index (χ2n) is 7.05. The van der Waals surface area contributed by atoms with Crippen LogP contribution in [0.3, 0.4) is 0 Å². The SMILES string of the molecule is CCN(CCNC(=NC)NCCc1ccccc1OC)C(=O)OC(C)(C)C.I. The van der Waals surface area contributed by atoms with E-state index >= 15 is 0 Å². The van der Waals surface area contributed by atoms with Gasteiger partial charge in [0.2, 0.25) is 0 Å². The molecule has 0 unspecified atom stereocenters. The van der Waals surface area contributed by atoms with Crippen LogP contribution in [0.1, 0.15) is 33.3 Å². The Balaban J connectivity index is 0.00000729. The highest BCUT2D eigenvalue weighted by Crippen LogP contribution is 2.17. The minimum Gasteiger partial charge on any atom is -0.496 e. The smallest absolute Gasteiger partial charge is 0.410 e. The molecule has 0 atom stereocenters. The number of aliphatic imine (C=N–C) groups is 1. The number of ether oxygens (including phenoxy) is 2. The number of carbonyl (C=O) groups is 1. The van der Waals surface area contributed by atoms with Crippen LogP contribution in [-0.4, -0.2) is 62.9 Å². The number of nitrogens with zero attached hydrogens (tertiary/aromatic N) is 2. The zero-order chi connectivity index (χ0) is 20.3. The van der Waals surface area contributed by atoms with Gasteiger partial charge in [0.05, 0.1) is 7.11 Å². The largest absolute Gasteiger partial charge is 0.496 e. The Bertz CT molecular complexity index is 618. The van der Waals surface area contributed by atoms with Gasteiger partial charge in [0.25, 0.3) is 0 Å². The van der Waals surface area contributed by atoms with Crippen molar-refractivity contribution in [3.05, 3.63) is 29.8 Å². The van der Waals surface area contributed by atoms with Crippen molar-refractivity contribution in [2.24, 2.45) is 4.99 Å². The van der Waals surface area contributed by atoms with Gasteiger partial charge in [-0.25, -0.2) is 4.79 Å². The van der Waals surface area contributed by atoms with Gasteiger partial charge in [0, 0.05) is 33.2 Å². The Kier molecular flexibility index (Phi) is 12.6. The Morgan fingerprint density at radius 3 is 2.39 bits per heavy atom. The van der Waals surface area contributed by atoms with Crippen molar-refractivity contribution >= 4 is 36.0 Å². The highest BCUT2D eigenvalue weighted by molar-refractivity contribution is 14.0. The third-order valence-electron chi connectivity index (χ3n) is 3.81. The van der Waals surface area contributed by atoms with Gasteiger partial charge in [0.1, 0.15) is 11.4 Å². The summed E-state index contributed by atoms with van der Waals surface area (Å²) in [7, 11) is 3.40. The van der Waals surface area contributed by atoms with Crippen LogP contribution < -0.4 is 15.4 Å². The van der Waals surface area contributed by atoms with Crippen LogP contribution in [0, 0.1) is 0 Å². The number of methoxy groups -OCH3 is 1. The molecular weight excluding hydrogens is 471 g/mol. The highest BCUT2D eigenvalue weighted by atomic mass is 127. The molecule has 7 nitrogen and oxygen atoms in total.